The SMILES string of the molecule is Cc1noc2nc(-c3ccc(F)cc3)cc(C(=O)Nc3nc(C(F)(F)F)cs3)c12. The number of carbonyl (C=O) groups excluding carboxylic acids is 1. The van der Waals surface area contributed by atoms with Crippen LogP contribution < -0.4 is 5.32 Å². The molecule has 0 aliphatic heterocycles. The molecule has 0 unspecified atom stereocenters. The van der Waals surface area contributed by atoms with E-state index in [0.29, 0.717) is 33.7 Å². The molecule has 0 aliphatic carbocycles. The van der Waals surface area contributed by atoms with Crippen molar-refractivity contribution in [3.05, 3.63) is 58.5 Å². The van der Waals surface area contributed by atoms with E-state index in [9.17, 15) is 22.4 Å². The van der Waals surface area contributed by atoms with Crippen molar-refractivity contribution < 1.29 is 26.9 Å². The summed E-state index contributed by atoms with van der Waals surface area (Å²) in [7, 11) is 0. The number of thiazole rings is 1. The molecular formula is C18H10F4N4O2S. The van der Waals surface area contributed by atoms with Crippen LogP contribution in [0.3, 0.4) is 0 Å². The summed E-state index contributed by atoms with van der Waals surface area (Å²) in [5, 5.41) is 7.08. The van der Waals surface area contributed by atoms with E-state index in [1.54, 1.807) is 6.92 Å². The Balaban J connectivity index is 1.75. The quantitative estimate of drug-likeness (QED) is 0.467. The number of aromatic nitrogens is 3. The largest absolute Gasteiger partial charge is 0.434 e. The number of nitrogens with zero attached hydrogens (tertiary/aromatic N) is 3. The van der Waals surface area contributed by atoms with Gasteiger partial charge in [0, 0.05) is 10.9 Å². The molecular weight excluding hydrogens is 412 g/mol. The Kier molecular flexibility index (Phi) is 4.53. The van der Waals surface area contributed by atoms with Gasteiger partial charge in [-0.1, -0.05) is 5.16 Å². The Hall–Kier alpha value is -3.34. The second-order valence-corrected chi connectivity index (χ2v) is 6.86. The molecule has 1 N–H and O–H groups in total. The molecule has 4 rings (SSSR count). The molecule has 3 heterocycles. The lowest BCUT2D eigenvalue weighted by Gasteiger charge is -2.07. The van der Waals surface area contributed by atoms with E-state index < -0.39 is 23.6 Å². The minimum atomic E-state index is -4.61. The zero-order chi connectivity index (χ0) is 20.8. The van der Waals surface area contributed by atoms with Crippen molar-refractivity contribution in [2.24, 2.45) is 0 Å². The van der Waals surface area contributed by atoms with Gasteiger partial charge in [-0.3, -0.25) is 10.1 Å². The summed E-state index contributed by atoms with van der Waals surface area (Å²) >= 11 is 0.654. The first-order chi connectivity index (χ1) is 13.7. The van der Waals surface area contributed by atoms with Crippen LogP contribution in [-0.4, -0.2) is 21.0 Å². The molecule has 1 aromatic carbocycles. The van der Waals surface area contributed by atoms with Gasteiger partial charge in [-0.2, -0.15) is 13.2 Å². The van der Waals surface area contributed by atoms with Crippen LogP contribution in [-0.2, 0) is 6.18 Å². The van der Waals surface area contributed by atoms with Gasteiger partial charge in [0.1, 0.15) is 5.82 Å². The van der Waals surface area contributed by atoms with Crippen LogP contribution in [0.4, 0.5) is 22.7 Å². The summed E-state index contributed by atoms with van der Waals surface area (Å²) < 4.78 is 56.5. The molecule has 0 radical (unpaired) electrons. The maximum atomic E-state index is 13.2. The summed E-state index contributed by atoms with van der Waals surface area (Å²) in [6.07, 6.45) is -4.61. The highest BCUT2D eigenvalue weighted by Gasteiger charge is 2.34. The lowest BCUT2D eigenvalue weighted by Crippen LogP contribution is -2.14. The van der Waals surface area contributed by atoms with Crippen LogP contribution in [0.2, 0.25) is 0 Å². The summed E-state index contributed by atoms with van der Waals surface area (Å²) in [6.45, 7) is 1.60. The number of aryl methyl sites for hydroxylation is 1. The molecule has 0 spiro atoms. The molecule has 0 saturated carbocycles. The second-order valence-electron chi connectivity index (χ2n) is 6.00. The number of fused-ring (bicyclic) bond motifs is 1. The van der Waals surface area contributed by atoms with Gasteiger partial charge >= 0.3 is 6.18 Å². The van der Waals surface area contributed by atoms with Crippen LogP contribution in [0.15, 0.2) is 40.2 Å². The molecule has 0 atom stereocenters. The number of hydrogen-bond acceptors (Lipinski definition) is 6. The van der Waals surface area contributed by atoms with E-state index >= 15 is 0 Å². The van der Waals surface area contributed by atoms with E-state index in [2.05, 4.69) is 20.4 Å². The molecule has 3 aromatic heterocycles. The van der Waals surface area contributed by atoms with Crippen molar-refractivity contribution in [2.75, 3.05) is 5.32 Å². The monoisotopic (exact) mass is 422 g/mol. The molecule has 0 bridgehead atoms. The van der Waals surface area contributed by atoms with Gasteiger partial charge in [0.2, 0.25) is 0 Å². The zero-order valence-electron chi connectivity index (χ0n) is 14.5. The van der Waals surface area contributed by atoms with Gasteiger partial charge in [-0.25, -0.2) is 14.4 Å². The number of amides is 1. The fourth-order valence-corrected chi connectivity index (χ4v) is 3.38. The molecule has 1 amide bonds. The van der Waals surface area contributed by atoms with Gasteiger partial charge in [0.05, 0.1) is 22.3 Å². The number of halogens is 4. The molecule has 11 heteroatoms. The van der Waals surface area contributed by atoms with Crippen molar-refractivity contribution in [1.82, 2.24) is 15.1 Å². The molecule has 0 fully saturated rings. The van der Waals surface area contributed by atoms with E-state index in [-0.39, 0.29) is 16.4 Å². The number of hydrogen-bond donors (Lipinski definition) is 1. The number of alkyl halides is 3. The second kappa shape index (κ2) is 6.92. The number of nitrogens with one attached hydrogen (secondary N) is 1. The first kappa shape index (κ1) is 19.0. The van der Waals surface area contributed by atoms with Gasteiger partial charge < -0.3 is 4.52 Å². The average Bonchev–Trinajstić information content (AvgIpc) is 3.28. The summed E-state index contributed by atoms with van der Waals surface area (Å²) in [6, 6.07) is 6.87. The molecule has 4 aromatic rings. The fourth-order valence-electron chi connectivity index (χ4n) is 2.67. The highest BCUT2D eigenvalue weighted by atomic mass is 32.1. The topological polar surface area (TPSA) is 80.9 Å². The minimum absolute atomic E-state index is 0.0737. The van der Waals surface area contributed by atoms with Gasteiger partial charge in [0.15, 0.2) is 10.8 Å². The van der Waals surface area contributed by atoms with Crippen LogP contribution in [0.25, 0.3) is 22.4 Å². The molecule has 6 nitrogen and oxygen atoms in total. The van der Waals surface area contributed by atoms with E-state index in [4.69, 9.17) is 4.52 Å². The van der Waals surface area contributed by atoms with Crippen molar-refractivity contribution >= 4 is 33.5 Å². The van der Waals surface area contributed by atoms with E-state index in [1.807, 2.05) is 0 Å². The Morgan fingerprint density at radius 2 is 1.90 bits per heavy atom. The van der Waals surface area contributed by atoms with Gasteiger partial charge in [-0.05, 0) is 37.3 Å². The number of rotatable bonds is 3. The number of benzene rings is 1. The first-order valence-electron chi connectivity index (χ1n) is 8.09. The lowest BCUT2D eigenvalue weighted by molar-refractivity contribution is -0.140. The number of carbonyl (C=O) groups is 1. The molecule has 0 saturated heterocycles. The standard InChI is InChI=1S/C18H10F4N4O2S/c1-8-14-11(15(27)25-17-24-13(7-29-17)18(20,21)22)6-12(23-16(14)28-26-8)9-2-4-10(19)5-3-9/h2-7H,1H3,(H,24,25,27). The van der Waals surface area contributed by atoms with Crippen molar-refractivity contribution in [2.45, 2.75) is 13.1 Å². The highest BCUT2D eigenvalue weighted by molar-refractivity contribution is 7.14. The lowest BCUT2D eigenvalue weighted by atomic mass is 10.1. The average molecular weight is 422 g/mol. The maximum Gasteiger partial charge on any atom is 0.434 e. The van der Waals surface area contributed by atoms with E-state index in [1.165, 1.54) is 30.3 Å². The maximum absolute atomic E-state index is 13.2. The molecule has 0 aliphatic rings. The van der Waals surface area contributed by atoms with Crippen LogP contribution in [0.1, 0.15) is 21.7 Å². The van der Waals surface area contributed by atoms with Gasteiger partial charge in [0.25, 0.3) is 11.6 Å². The number of pyridine rings is 1. The Labute approximate surface area is 164 Å². The van der Waals surface area contributed by atoms with Crippen LogP contribution in [0.5, 0.6) is 0 Å². The Morgan fingerprint density at radius 3 is 2.55 bits per heavy atom. The molecule has 148 valence electrons. The highest BCUT2D eigenvalue weighted by Crippen LogP contribution is 2.32. The van der Waals surface area contributed by atoms with Crippen molar-refractivity contribution in [3.8, 4) is 11.3 Å². The van der Waals surface area contributed by atoms with E-state index in [0.717, 1.165) is 5.38 Å². The van der Waals surface area contributed by atoms with Crippen molar-refractivity contribution in [3.63, 3.8) is 0 Å². The third kappa shape index (κ3) is 3.68. The molecule has 29 heavy (non-hydrogen) atoms. The third-order valence-electron chi connectivity index (χ3n) is 4.02. The zero-order valence-corrected chi connectivity index (χ0v) is 15.4. The normalized spacial score (nSPS) is 11.8. The minimum Gasteiger partial charge on any atom is -0.335 e. The summed E-state index contributed by atoms with van der Waals surface area (Å²) in [5.41, 5.74) is 0.296. The Bertz CT molecular complexity index is 1220. The number of anilines is 1. The third-order valence-corrected chi connectivity index (χ3v) is 4.77. The fraction of sp³-hybridized carbons (Fsp3) is 0.111. The summed E-state index contributed by atoms with van der Waals surface area (Å²) in [4.78, 5) is 20.5. The van der Waals surface area contributed by atoms with Crippen LogP contribution in [0, 0.1) is 12.7 Å². The predicted octanol–water partition coefficient (Wildman–Crippen LogP) is 5.06. The van der Waals surface area contributed by atoms with Crippen LogP contribution >= 0.6 is 11.3 Å². The Morgan fingerprint density at radius 1 is 1.17 bits per heavy atom. The van der Waals surface area contributed by atoms with Gasteiger partial charge in [-0.15, -0.1) is 11.3 Å². The summed E-state index contributed by atoms with van der Waals surface area (Å²) in [5.74, 6) is -1.14. The predicted molar refractivity (Wildman–Crippen MR) is 97.0 cm³/mol. The van der Waals surface area contributed by atoms with Crippen molar-refractivity contribution in [1.29, 1.82) is 0 Å². The smallest absolute Gasteiger partial charge is 0.335 e. The first-order valence-corrected chi connectivity index (χ1v) is 8.97.